The second-order valence-electron chi connectivity index (χ2n) is 5.04. The van der Waals surface area contributed by atoms with Crippen molar-refractivity contribution in [2.24, 2.45) is 0 Å². The van der Waals surface area contributed by atoms with Gasteiger partial charge in [0.05, 0.1) is 11.4 Å². The summed E-state index contributed by atoms with van der Waals surface area (Å²) in [6.45, 7) is 8.88. The fraction of sp³-hybridized carbons (Fsp3) is 0.429. The van der Waals surface area contributed by atoms with E-state index < -0.39 is 0 Å². The van der Waals surface area contributed by atoms with Crippen LogP contribution in [-0.4, -0.2) is 14.8 Å². The number of nitrogens with one attached hydrogen (secondary N) is 1. The maximum atomic E-state index is 6.09. The van der Waals surface area contributed by atoms with E-state index in [1.54, 1.807) is 6.20 Å². The molecule has 2 aromatic heterocycles. The lowest BCUT2D eigenvalue weighted by molar-refractivity contribution is 0.534. The minimum absolute atomic E-state index is 0.275. The molecule has 0 aliphatic rings. The van der Waals surface area contributed by atoms with Crippen LogP contribution in [0.25, 0.3) is 0 Å². The third-order valence-electron chi connectivity index (χ3n) is 3.20. The van der Waals surface area contributed by atoms with Crippen molar-refractivity contribution < 1.29 is 0 Å². The standard InChI is InChI=1S/C14H21N5/c1-9(2)19-14(13(15)11(4)18-19)17-8-12-5-6-16-7-10(12)3/h5-7,9,17H,8,15H2,1-4H3. The SMILES string of the molecule is Cc1cnccc1CNc1c(N)c(C)nn1C(C)C. The Hall–Kier alpha value is -2.04. The molecular weight excluding hydrogens is 238 g/mol. The van der Waals surface area contributed by atoms with Crippen molar-refractivity contribution >= 4 is 11.5 Å². The van der Waals surface area contributed by atoms with E-state index in [0.717, 1.165) is 23.7 Å². The van der Waals surface area contributed by atoms with Crippen LogP contribution in [0.15, 0.2) is 18.5 Å². The smallest absolute Gasteiger partial charge is 0.148 e. The second kappa shape index (κ2) is 5.30. The fourth-order valence-electron chi connectivity index (χ4n) is 1.99. The topological polar surface area (TPSA) is 68.8 Å². The normalized spacial score (nSPS) is 11.0. The van der Waals surface area contributed by atoms with E-state index >= 15 is 0 Å². The number of nitrogens with two attached hydrogens (primary N) is 1. The lowest BCUT2D eigenvalue weighted by atomic mass is 10.1. The molecule has 0 fully saturated rings. The van der Waals surface area contributed by atoms with Gasteiger partial charge in [0.1, 0.15) is 5.82 Å². The molecule has 0 spiro atoms. The van der Waals surface area contributed by atoms with Gasteiger partial charge in [-0.25, -0.2) is 4.68 Å². The van der Waals surface area contributed by atoms with Crippen LogP contribution in [-0.2, 0) is 6.54 Å². The number of nitrogen functional groups attached to an aromatic ring is 1. The zero-order valence-corrected chi connectivity index (χ0v) is 11.9. The van der Waals surface area contributed by atoms with Gasteiger partial charge in [0.15, 0.2) is 0 Å². The van der Waals surface area contributed by atoms with Crippen LogP contribution in [0.3, 0.4) is 0 Å². The molecule has 0 saturated heterocycles. The number of aromatic nitrogens is 3. The molecule has 102 valence electrons. The molecule has 0 atom stereocenters. The summed E-state index contributed by atoms with van der Waals surface area (Å²) < 4.78 is 1.93. The van der Waals surface area contributed by atoms with E-state index in [-0.39, 0.29) is 6.04 Å². The van der Waals surface area contributed by atoms with Gasteiger partial charge in [0.2, 0.25) is 0 Å². The average molecular weight is 259 g/mol. The zero-order valence-electron chi connectivity index (χ0n) is 11.9. The quantitative estimate of drug-likeness (QED) is 0.885. The summed E-state index contributed by atoms with van der Waals surface area (Å²) in [5, 5.41) is 7.85. The highest BCUT2D eigenvalue weighted by atomic mass is 15.4. The van der Waals surface area contributed by atoms with Gasteiger partial charge in [-0.05, 0) is 44.9 Å². The number of pyridine rings is 1. The van der Waals surface area contributed by atoms with Gasteiger partial charge >= 0.3 is 0 Å². The highest BCUT2D eigenvalue weighted by Gasteiger charge is 2.14. The molecule has 0 radical (unpaired) electrons. The molecule has 3 N–H and O–H groups in total. The first-order valence-corrected chi connectivity index (χ1v) is 6.48. The minimum Gasteiger partial charge on any atom is -0.394 e. The first-order valence-electron chi connectivity index (χ1n) is 6.48. The lowest BCUT2D eigenvalue weighted by Crippen LogP contribution is -2.11. The molecule has 0 saturated carbocycles. The zero-order chi connectivity index (χ0) is 14.0. The highest BCUT2D eigenvalue weighted by molar-refractivity contribution is 5.65. The third kappa shape index (κ3) is 2.70. The first kappa shape index (κ1) is 13.4. The van der Waals surface area contributed by atoms with Crippen LogP contribution in [0.5, 0.6) is 0 Å². The van der Waals surface area contributed by atoms with E-state index in [9.17, 15) is 0 Å². The van der Waals surface area contributed by atoms with Crippen molar-refractivity contribution in [1.82, 2.24) is 14.8 Å². The van der Waals surface area contributed by atoms with E-state index in [2.05, 4.69) is 36.2 Å². The van der Waals surface area contributed by atoms with Crippen LogP contribution in [0.1, 0.15) is 36.7 Å². The van der Waals surface area contributed by atoms with Gasteiger partial charge in [0, 0.05) is 25.0 Å². The molecule has 5 heteroatoms. The van der Waals surface area contributed by atoms with Gasteiger partial charge in [-0.1, -0.05) is 0 Å². The Morgan fingerprint density at radius 1 is 1.37 bits per heavy atom. The van der Waals surface area contributed by atoms with Gasteiger partial charge in [-0.2, -0.15) is 5.10 Å². The van der Waals surface area contributed by atoms with Crippen LogP contribution < -0.4 is 11.1 Å². The molecule has 0 bridgehead atoms. The number of nitrogens with zero attached hydrogens (tertiary/aromatic N) is 3. The molecule has 0 amide bonds. The van der Waals surface area contributed by atoms with Crippen molar-refractivity contribution in [2.45, 2.75) is 40.3 Å². The molecule has 0 aliphatic carbocycles. The summed E-state index contributed by atoms with van der Waals surface area (Å²) in [5.74, 6) is 0.892. The Balaban J connectivity index is 2.22. The Bertz CT molecular complexity index is 571. The third-order valence-corrected chi connectivity index (χ3v) is 3.20. The molecule has 2 aromatic rings. The summed E-state index contributed by atoms with van der Waals surface area (Å²) in [4.78, 5) is 4.10. The van der Waals surface area contributed by atoms with Crippen LogP contribution in [0.4, 0.5) is 11.5 Å². The monoisotopic (exact) mass is 259 g/mol. The Labute approximate surface area is 113 Å². The van der Waals surface area contributed by atoms with Crippen LogP contribution in [0, 0.1) is 13.8 Å². The predicted octanol–water partition coefficient (Wildman–Crippen LogP) is 2.67. The number of hydrogen-bond donors (Lipinski definition) is 2. The largest absolute Gasteiger partial charge is 0.394 e. The number of anilines is 2. The van der Waals surface area contributed by atoms with E-state index in [4.69, 9.17) is 5.73 Å². The summed E-state index contributed by atoms with van der Waals surface area (Å²) in [5.41, 5.74) is 10.1. The molecule has 0 aliphatic heterocycles. The maximum Gasteiger partial charge on any atom is 0.148 e. The number of rotatable bonds is 4. The van der Waals surface area contributed by atoms with Crippen molar-refractivity contribution in [3.05, 3.63) is 35.3 Å². The lowest BCUT2D eigenvalue weighted by Gasteiger charge is -2.14. The van der Waals surface area contributed by atoms with Crippen LogP contribution in [0.2, 0.25) is 0 Å². The van der Waals surface area contributed by atoms with E-state index in [0.29, 0.717) is 0 Å². The van der Waals surface area contributed by atoms with Gasteiger partial charge in [-0.15, -0.1) is 0 Å². The Kier molecular flexibility index (Phi) is 3.74. The van der Waals surface area contributed by atoms with Crippen LogP contribution >= 0.6 is 0 Å². The molecule has 0 aromatic carbocycles. The molecule has 5 nitrogen and oxygen atoms in total. The first-order chi connectivity index (χ1) is 9.00. The summed E-state index contributed by atoms with van der Waals surface area (Å²) >= 11 is 0. The fourth-order valence-corrected chi connectivity index (χ4v) is 1.99. The van der Waals surface area contributed by atoms with Gasteiger partial charge in [-0.3, -0.25) is 4.98 Å². The molecule has 0 unspecified atom stereocenters. The Morgan fingerprint density at radius 3 is 2.74 bits per heavy atom. The molecule has 19 heavy (non-hydrogen) atoms. The Morgan fingerprint density at radius 2 is 2.11 bits per heavy atom. The van der Waals surface area contributed by atoms with Crippen molar-refractivity contribution in [3.63, 3.8) is 0 Å². The number of aryl methyl sites for hydroxylation is 2. The average Bonchev–Trinajstić information content (AvgIpc) is 2.65. The maximum absolute atomic E-state index is 6.09. The molecule has 2 heterocycles. The summed E-state index contributed by atoms with van der Waals surface area (Å²) in [6.07, 6.45) is 3.67. The van der Waals surface area contributed by atoms with E-state index in [1.165, 1.54) is 11.1 Å². The highest BCUT2D eigenvalue weighted by Crippen LogP contribution is 2.26. The minimum atomic E-state index is 0.275. The van der Waals surface area contributed by atoms with Crippen molar-refractivity contribution in [1.29, 1.82) is 0 Å². The summed E-state index contributed by atoms with van der Waals surface area (Å²) in [6, 6.07) is 2.29. The van der Waals surface area contributed by atoms with Gasteiger partial charge in [0.25, 0.3) is 0 Å². The second-order valence-corrected chi connectivity index (χ2v) is 5.04. The predicted molar refractivity (Wildman–Crippen MR) is 78.1 cm³/mol. The van der Waals surface area contributed by atoms with Crippen molar-refractivity contribution in [2.75, 3.05) is 11.1 Å². The number of hydrogen-bond acceptors (Lipinski definition) is 4. The summed E-state index contributed by atoms with van der Waals surface area (Å²) in [7, 11) is 0. The van der Waals surface area contributed by atoms with E-state index in [1.807, 2.05) is 23.9 Å². The molecule has 2 rings (SSSR count). The van der Waals surface area contributed by atoms with Gasteiger partial charge < -0.3 is 11.1 Å². The van der Waals surface area contributed by atoms with Crippen molar-refractivity contribution in [3.8, 4) is 0 Å². The molecular formula is C14H21N5.